The Morgan fingerprint density at radius 3 is 2.50 bits per heavy atom. The zero-order valence-electron chi connectivity index (χ0n) is 20.3. The average Bonchev–Trinajstić information content (AvgIpc) is 2.84. The molecule has 1 amide bonds. The Morgan fingerprint density at radius 1 is 1.11 bits per heavy atom. The van der Waals surface area contributed by atoms with Crippen LogP contribution in [-0.2, 0) is 32.2 Å². The number of amides is 1. The number of nitrogens with zero attached hydrogens (tertiary/aromatic N) is 1. The summed E-state index contributed by atoms with van der Waals surface area (Å²) in [5, 5.41) is -0.376. The van der Waals surface area contributed by atoms with Crippen LogP contribution in [0.2, 0.25) is 5.02 Å². The fourth-order valence-corrected chi connectivity index (χ4v) is 4.76. The second kappa shape index (κ2) is 12.5. The maximum atomic E-state index is 13.0. The van der Waals surface area contributed by atoms with Crippen molar-refractivity contribution in [2.45, 2.75) is 30.8 Å². The van der Waals surface area contributed by atoms with Crippen LogP contribution in [0.15, 0.2) is 59.6 Å². The van der Waals surface area contributed by atoms with Gasteiger partial charge in [0.1, 0.15) is 23.1 Å². The summed E-state index contributed by atoms with van der Waals surface area (Å²) < 4.78 is 82.4. The topological polar surface area (TPSA) is 104 Å². The van der Waals surface area contributed by atoms with Crippen LogP contribution in [0, 0.1) is 6.92 Å². The van der Waals surface area contributed by atoms with E-state index >= 15 is 0 Å². The molecular formula is C25H24ClF3N2O6S. The Hall–Kier alpha value is -3.35. The van der Waals surface area contributed by atoms with Crippen LogP contribution < -0.4 is 14.2 Å². The first kappa shape index (κ1) is 29.2. The third kappa shape index (κ3) is 7.83. The molecule has 0 spiro atoms. The molecule has 0 bridgehead atoms. The van der Waals surface area contributed by atoms with Crippen molar-refractivity contribution < 1.29 is 40.6 Å². The van der Waals surface area contributed by atoms with Gasteiger partial charge in [0.15, 0.2) is 0 Å². The predicted octanol–water partition coefficient (Wildman–Crippen LogP) is 5.32. The number of aryl methyl sites for hydroxylation is 2. The molecule has 0 unspecified atom stereocenters. The smallest absolute Gasteiger partial charge is 0.417 e. The number of pyridine rings is 1. The third-order valence-electron chi connectivity index (χ3n) is 5.19. The number of halogens is 4. The Bertz CT molecular complexity index is 1400. The number of nitrogens with one attached hydrogen (secondary N) is 1. The van der Waals surface area contributed by atoms with Crippen molar-refractivity contribution in [2.24, 2.45) is 0 Å². The van der Waals surface area contributed by atoms with E-state index in [1.165, 1.54) is 19.2 Å². The number of carbonyl (C=O) groups is 1. The molecule has 0 saturated heterocycles. The number of hydrogen-bond acceptors (Lipinski definition) is 7. The van der Waals surface area contributed by atoms with Gasteiger partial charge in [-0.25, -0.2) is 18.1 Å². The molecule has 0 aliphatic carbocycles. The molecule has 0 fully saturated rings. The molecule has 1 aromatic heterocycles. The van der Waals surface area contributed by atoms with Gasteiger partial charge in [0, 0.05) is 25.8 Å². The van der Waals surface area contributed by atoms with Crippen LogP contribution in [0.4, 0.5) is 13.2 Å². The molecule has 0 aliphatic heterocycles. The van der Waals surface area contributed by atoms with Gasteiger partial charge in [0.05, 0.1) is 17.1 Å². The highest BCUT2D eigenvalue weighted by atomic mass is 35.5. The summed E-state index contributed by atoms with van der Waals surface area (Å²) >= 11 is 5.98. The van der Waals surface area contributed by atoms with E-state index in [4.69, 9.17) is 25.8 Å². The van der Waals surface area contributed by atoms with E-state index in [-0.39, 0.29) is 41.0 Å². The summed E-state index contributed by atoms with van der Waals surface area (Å²) in [4.78, 5) is 16.2. The normalized spacial score (nSPS) is 11.7. The molecule has 2 aromatic carbocycles. The maximum Gasteiger partial charge on any atom is 0.417 e. The van der Waals surface area contributed by atoms with Crippen LogP contribution >= 0.6 is 11.6 Å². The molecule has 0 aliphatic rings. The Kier molecular flexibility index (Phi) is 9.58. The quantitative estimate of drug-likeness (QED) is 0.310. The second-order valence-electron chi connectivity index (χ2n) is 8.02. The number of aromatic nitrogens is 1. The lowest BCUT2D eigenvalue weighted by Crippen LogP contribution is -2.31. The van der Waals surface area contributed by atoms with E-state index in [2.05, 4.69) is 4.98 Å². The lowest BCUT2D eigenvalue weighted by atomic mass is 10.1. The van der Waals surface area contributed by atoms with Gasteiger partial charge in [-0.15, -0.1) is 0 Å². The maximum absolute atomic E-state index is 13.0. The first-order chi connectivity index (χ1) is 17.9. The van der Waals surface area contributed by atoms with Crippen LogP contribution in [0.1, 0.15) is 23.1 Å². The zero-order chi connectivity index (χ0) is 27.9. The summed E-state index contributed by atoms with van der Waals surface area (Å²) in [6.07, 6.45) is -4.26. The van der Waals surface area contributed by atoms with E-state index in [1.807, 2.05) is 4.72 Å². The minimum atomic E-state index is -4.64. The Balaban J connectivity index is 1.80. The SMILES string of the molecule is COCCOc1ccc(CCC(=O)NS(=O)(=O)c2ccccc2C)c(Oc2ncc(C(F)(F)F)cc2Cl)c1. The van der Waals surface area contributed by atoms with Crippen molar-refractivity contribution in [3.8, 4) is 17.4 Å². The summed E-state index contributed by atoms with van der Waals surface area (Å²) in [7, 11) is -2.57. The molecule has 1 heterocycles. The molecule has 0 radical (unpaired) electrons. The number of rotatable bonds is 11. The Labute approximate surface area is 222 Å². The molecular weight excluding hydrogens is 549 g/mol. The molecule has 0 atom stereocenters. The number of hydrogen-bond donors (Lipinski definition) is 1. The molecule has 204 valence electrons. The van der Waals surface area contributed by atoms with E-state index in [9.17, 15) is 26.4 Å². The van der Waals surface area contributed by atoms with Crippen molar-refractivity contribution in [2.75, 3.05) is 20.3 Å². The van der Waals surface area contributed by atoms with Crippen LogP contribution in [0.3, 0.4) is 0 Å². The van der Waals surface area contributed by atoms with Crippen LogP contribution in [0.5, 0.6) is 17.4 Å². The summed E-state index contributed by atoms with van der Waals surface area (Å²) in [6, 6.07) is 11.6. The van der Waals surface area contributed by atoms with Crippen LogP contribution in [-0.4, -0.2) is 39.6 Å². The lowest BCUT2D eigenvalue weighted by molar-refractivity contribution is -0.137. The predicted molar refractivity (Wildman–Crippen MR) is 133 cm³/mol. The van der Waals surface area contributed by atoms with Crippen molar-refractivity contribution in [3.63, 3.8) is 0 Å². The summed E-state index contributed by atoms with van der Waals surface area (Å²) in [5.74, 6) is -0.578. The van der Waals surface area contributed by atoms with Gasteiger partial charge in [0.25, 0.3) is 10.0 Å². The number of carbonyl (C=O) groups excluding carboxylic acids is 1. The standard InChI is InChI=1S/C25H24ClF3N2O6S/c1-16-5-3-4-6-22(16)38(33,34)31-23(32)10-8-17-7-9-19(36-12-11-35-2)14-21(17)37-24-20(26)13-18(15-30-24)25(27,28)29/h3-7,9,13-15H,8,10-12H2,1-2H3,(H,31,32). The molecule has 38 heavy (non-hydrogen) atoms. The molecule has 8 nitrogen and oxygen atoms in total. The minimum Gasteiger partial charge on any atom is -0.491 e. The van der Waals surface area contributed by atoms with Gasteiger partial charge in [-0.2, -0.15) is 13.2 Å². The average molecular weight is 573 g/mol. The molecule has 1 N–H and O–H groups in total. The van der Waals surface area contributed by atoms with E-state index in [1.54, 1.807) is 37.3 Å². The van der Waals surface area contributed by atoms with Gasteiger partial charge in [-0.05, 0) is 42.7 Å². The van der Waals surface area contributed by atoms with Gasteiger partial charge in [-0.3, -0.25) is 4.79 Å². The van der Waals surface area contributed by atoms with Gasteiger partial charge in [0.2, 0.25) is 11.8 Å². The van der Waals surface area contributed by atoms with E-state index in [0.29, 0.717) is 35.7 Å². The number of ether oxygens (including phenoxy) is 3. The fraction of sp³-hybridized carbons (Fsp3) is 0.280. The number of alkyl halides is 3. The number of methoxy groups -OCH3 is 1. The minimum absolute atomic E-state index is 0.0158. The number of benzene rings is 2. The van der Waals surface area contributed by atoms with E-state index in [0.717, 1.165) is 0 Å². The monoisotopic (exact) mass is 572 g/mol. The first-order valence-electron chi connectivity index (χ1n) is 11.2. The van der Waals surface area contributed by atoms with E-state index < -0.39 is 27.7 Å². The highest BCUT2D eigenvalue weighted by molar-refractivity contribution is 7.90. The molecule has 3 rings (SSSR count). The second-order valence-corrected chi connectivity index (χ2v) is 10.1. The first-order valence-corrected chi connectivity index (χ1v) is 13.0. The van der Waals surface area contributed by atoms with Gasteiger partial charge in [-0.1, -0.05) is 35.9 Å². The molecule has 0 saturated carbocycles. The largest absolute Gasteiger partial charge is 0.491 e. The highest BCUT2D eigenvalue weighted by Gasteiger charge is 2.32. The fourth-order valence-electron chi connectivity index (χ4n) is 3.29. The molecule has 13 heteroatoms. The van der Waals surface area contributed by atoms with Gasteiger partial charge >= 0.3 is 6.18 Å². The van der Waals surface area contributed by atoms with Crippen molar-refractivity contribution in [1.82, 2.24) is 9.71 Å². The zero-order valence-corrected chi connectivity index (χ0v) is 21.9. The Morgan fingerprint density at radius 2 is 1.84 bits per heavy atom. The molecule has 3 aromatic rings. The van der Waals surface area contributed by atoms with Crippen molar-refractivity contribution >= 4 is 27.5 Å². The summed E-state index contributed by atoms with van der Waals surface area (Å²) in [6.45, 7) is 2.13. The van der Waals surface area contributed by atoms with Crippen molar-refractivity contribution in [1.29, 1.82) is 0 Å². The van der Waals surface area contributed by atoms with Gasteiger partial charge < -0.3 is 14.2 Å². The highest BCUT2D eigenvalue weighted by Crippen LogP contribution is 2.36. The lowest BCUT2D eigenvalue weighted by Gasteiger charge is -2.15. The summed E-state index contributed by atoms with van der Waals surface area (Å²) in [5.41, 5.74) is -0.128. The van der Waals surface area contributed by atoms with Crippen LogP contribution in [0.25, 0.3) is 0 Å². The number of sulfonamides is 1. The third-order valence-corrected chi connectivity index (χ3v) is 6.99. The van der Waals surface area contributed by atoms with Crippen molar-refractivity contribution in [3.05, 3.63) is 76.4 Å².